The summed E-state index contributed by atoms with van der Waals surface area (Å²) in [6.45, 7) is 2.53. The van der Waals surface area contributed by atoms with Gasteiger partial charge in [-0.1, -0.05) is 31.9 Å². The van der Waals surface area contributed by atoms with Crippen molar-refractivity contribution in [3.63, 3.8) is 0 Å². The van der Waals surface area contributed by atoms with E-state index in [0.29, 0.717) is 29.6 Å². The van der Waals surface area contributed by atoms with Crippen LogP contribution < -0.4 is 10.2 Å². The van der Waals surface area contributed by atoms with Crippen molar-refractivity contribution in [1.82, 2.24) is 19.7 Å². The molecule has 12 heteroatoms. The van der Waals surface area contributed by atoms with Crippen molar-refractivity contribution < 1.29 is 14.0 Å². The molecule has 0 aromatic carbocycles. The van der Waals surface area contributed by atoms with Crippen LogP contribution in [-0.2, 0) is 16.1 Å². The summed E-state index contributed by atoms with van der Waals surface area (Å²) in [7, 11) is -1.77. The van der Waals surface area contributed by atoms with E-state index in [0.717, 1.165) is 6.20 Å². The minimum absolute atomic E-state index is 0.151. The zero-order valence-electron chi connectivity index (χ0n) is 12.2. The maximum absolute atomic E-state index is 12.7. The quantitative estimate of drug-likeness (QED) is 0.238. The predicted molar refractivity (Wildman–Crippen MR) is 90.6 cm³/mol. The van der Waals surface area contributed by atoms with Gasteiger partial charge in [-0.05, 0) is 11.8 Å². The van der Waals surface area contributed by atoms with Crippen molar-refractivity contribution in [2.24, 2.45) is 7.05 Å². The molecule has 1 heterocycles. The van der Waals surface area contributed by atoms with Crippen LogP contribution >= 0.6 is 39.5 Å². The van der Waals surface area contributed by atoms with E-state index in [1.54, 1.807) is 6.92 Å². The van der Waals surface area contributed by atoms with E-state index in [-0.39, 0.29) is 5.82 Å². The lowest BCUT2D eigenvalue weighted by Crippen LogP contribution is -2.28. The number of aromatic nitrogens is 2. The van der Waals surface area contributed by atoms with Gasteiger partial charge in [-0.2, -0.15) is 0 Å². The normalized spacial score (nSPS) is 13.3. The second-order valence-corrected chi connectivity index (χ2v) is 7.82. The van der Waals surface area contributed by atoms with Crippen LogP contribution in [0.3, 0.4) is 0 Å². The van der Waals surface area contributed by atoms with E-state index >= 15 is 0 Å². The molecule has 0 amide bonds. The molecule has 126 valence electrons. The molecule has 0 aliphatic rings. The van der Waals surface area contributed by atoms with E-state index in [1.807, 2.05) is 0 Å². The van der Waals surface area contributed by atoms with Crippen LogP contribution in [0.4, 0.5) is 5.82 Å². The van der Waals surface area contributed by atoms with Crippen LogP contribution in [0.5, 0.6) is 0 Å². The Morgan fingerprint density at radius 3 is 2.41 bits per heavy atom. The summed E-state index contributed by atoms with van der Waals surface area (Å²) in [5.74, 6) is 0.176. The third kappa shape index (κ3) is 5.39. The Morgan fingerprint density at radius 1 is 1.45 bits per heavy atom. The fraction of sp³-hybridized carbons (Fsp3) is 0.700. The van der Waals surface area contributed by atoms with Crippen molar-refractivity contribution in [2.45, 2.75) is 13.0 Å². The summed E-state index contributed by atoms with van der Waals surface area (Å²) in [6.07, 6.45) is 0.466. The van der Waals surface area contributed by atoms with Gasteiger partial charge in [0.05, 0.1) is 7.05 Å². The first-order valence-corrected chi connectivity index (χ1v) is 10.3. The highest BCUT2D eigenvalue weighted by molar-refractivity contribution is 9.09. The minimum atomic E-state index is -3.29. The first-order chi connectivity index (χ1) is 10.3. The lowest BCUT2D eigenvalue weighted by molar-refractivity contribution is -0.391. The Morgan fingerprint density at radius 2 is 2.00 bits per heavy atom. The zero-order valence-corrected chi connectivity index (χ0v) is 16.2. The third-order valence-corrected chi connectivity index (χ3v) is 5.37. The van der Waals surface area contributed by atoms with E-state index in [2.05, 4.69) is 47.0 Å². The number of nitro groups is 1. The molecular formula is C10H18Br2N5O4P. The number of nitrogens with one attached hydrogen (secondary N) is 2. The molecule has 0 spiro atoms. The molecule has 0 radical (unpaired) electrons. The summed E-state index contributed by atoms with van der Waals surface area (Å²) in [4.78, 5) is 14.3. The molecule has 2 N–H and O–H groups in total. The summed E-state index contributed by atoms with van der Waals surface area (Å²) in [6, 6.07) is 0. The lowest BCUT2D eigenvalue weighted by Gasteiger charge is -2.22. The highest BCUT2D eigenvalue weighted by Crippen LogP contribution is 2.42. The van der Waals surface area contributed by atoms with Gasteiger partial charge in [0.1, 0.15) is 12.3 Å². The topological polar surface area (TPSA) is 111 Å². The Kier molecular flexibility index (Phi) is 8.15. The van der Waals surface area contributed by atoms with Crippen molar-refractivity contribution in [3.05, 3.63) is 22.1 Å². The smallest absolute Gasteiger partial charge is 0.342 e. The van der Waals surface area contributed by atoms with Crippen LogP contribution in [0.15, 0.2) is 6.20 Å². The maximum Gasteiger partial charge on any atom is 0.342 e. The molecule has 0 saturated heterocycles. The number of halogens is 2. The molecule has 0 saturated carbocycles. The van der Waals surface area contributed by atoms with E-state index in [1.165, 1.54) is 11.6 Å². The maximum atomic E-state index is 12.7. The number of nitrogens with zero attached hydrogens (tertiary/aromatic N) is 3. The highest BCUT2D eigenvalue weighted by Gasteiger charge is 2.30. The van der Waals surface area contributed by atoms with Gasteiger partial charge in [0, 0.05) is 23.7 Å². The number of alkyl halides is 2. The van der Waals surface area contributed by atoms with Gasteiger partial charge in [-0.3, -0.25) is 9.09 Å². The van der Waals surface area contributed by atoms with Crippen LogP contribution in [-0.4, -0.2) is 38.2 Å². The van der Waals surface area contributed by atoms with Gasteiger partial charge in [-0.25, -0.2) is 19.7 Å². The lowest BCUT2D eigenvalue weighted by atomic mass is 10.4. The predicted octanol–water partition coefficient (Wildman–Crippen LogP) is 2.48. The van der Waals surface area contributed by atoms with E-state index < -0.39 is 18.7 Å². The molecule has 9 nitrogen and oxygen atoms in total. The number of hydrogen-bond acceptors (Lipinski definition) is 5. The number of imidazole rings is 1. The second kappa shape index (κ2) is 9.09. The summed E-state index contributed by atoms with van der Waals surface area (Å²) in [5.41, 5.74) is 0. The fourth-order valence-corrected chi connectivity index (χ4v) is 4.36. The minimum Gasteiger partial charge on any atom is -0.358 e. The van der Waals surface area contributed by atoms with E-state index in [9.17, 15) is 14.7 Å². The molecule has 1 rings (SSSR count). The molecule has 22 heavy (non-hydrogen) atoms. The summed E-state index contributed by atoms with van der Waals surface area (Å²) < 4.78 is 19.6. The van der Waals surface area contributed by atoms with Gasteiger partial charge >= 0.3 is 13.5 Å². The molecule has 0 aliphatic carbocycles. The van der Waals surface area contributed by atoms with Crippen molar-refractivity contribution >= 4 is 45.3 Å². The highest BCUT2D eigenvalue weighted by atomic mass is 79.9. The first kappa shape index (κ1) is 19.7. The summed E-state index contributed by atoms with van der Waals surface area (Å²) >= 11 is 6.49. The number of rotatable bonds is 10. The van der Waals surface area contributed by atoms with Gasteiger partial charge in [0.15, 0.2) is 0 Å². The molecule has 1 unspecified atom stereocenters. The van der Waals surface area contributed by atoms with Crippen LogP contribution in [0.25, 0.3) is 0 Å². The van der Waals surface area contributed by atoms with Gasteiger partial charge < -0.3 is 10.1 Å². The molecule has 1 aromatic heterocycles. The SMILES string of the molecule is CC(OP(=O)(NCCBr)NCCBr)c1ncc([N+](=O)[O-])n1C. The van der Waals surface area contributed by atoms with Gasteiger partial charge in [-0.15, -0.1) is 0 Å². The number of hydrogen-bond donors (Lipinski definition) is 2. The Balaban J connectivity index is 2.88. The van der Waals surface area contributed by atoms with Crippen molar-refractivity contribution in [1.29, 1.82) is 0 Å². The monoisotopic (exact) mass is 461 g/mol. The average molecular weight is 463 g/mol. The van der Waals surface area contributed by atoms with Gasteiger partial charge in [0.2, 0.25) is 5.82 Å². The molecule has 1 aromatic rings. The molecular weight excluding hydrogens is 445 g/mol. The molecule has 0 fully saturated rings. The summed E-state index contributed by atoms with van der Waals surface area (Å²) in [5, 5.41) is 17.7. The van der Waals surface area contributed by atoms with Crippen molar-refractivity contribution in [3.8, 4) is 0 Å². The van der Waals surface area contributed by atoms with Crippen LogP contribution in [0, 0.1) is 10.1 Å². The Labute approximate surface area is 145 Å². The third-order valence-electron chi connectivity index (χ3n) is 2.69. The molecule has 1 atom stereocenters. The average Bonchev–Trinajstić information content (AvgIpc) is 2.85. The Bertz CT molecular complexity index is 543. The zero-order chi connectivity index (χ0) is 16.8. The van der Waals surface area contributed by atoms with Crippen LogP contribution in [0.1, 0.15) is 18.9 Å². The standard InChI is InChI=1S/C10H18Br2N5O4P/c1-8(10-13-7-9(16(10)2)17(18)19)21-22(20,14-5-3-11)15-6-4-12/h7-8H,3-6H2,1-2H3,(H2,14,15,20). The van der Waals surface area contributed by atoms with E-state index in [4.69, 9.17) is 4.52 Å². The largest absolute Gasteiger partial charge is 0.358 e. The van der Waals surface area contributed by atoms with Crippen LogP contribution in [0.2, 0.25) is 0 Å². The molecule has 0 bridgehead atoms. The molecule has 0 aliphatic heterocycles. The fourth-order valence-electron chi connectivity index (χ4n) is 1.74. The second-order valence-electron chi connectivity index (χ2n) is 4.28. The first-order valence-electron chi connectivity index (χ1n) is 6.41. The van der Waals surface area contributed by atoms with Gasteiger partial charge in [0.25, 0.3) is 0 Å². The Hall–Kier alpha value is -0.320. The van der Waals surface area contributed by atoms with Crippen molar-refractivity contribution in [2.75, 3.05) is 23.7 Å².